The van der Waals surface area contributed by atoms with Crippen molar-refractivity contribution in [2.75, 3.05) is 0 Å². The Bertz CT molecular complexity index is 375. The SMILES string of the molecule is CCC(C)O[C@@H](Cc1cccc(O)c1)C(=O)O. The second-order valence-electron chi connectivity index (χ2n) is 4.06. The van der Waals surface area contributed by atoms with Gasteiger partial charge in [0.2, 0.25) is 0 Å². The first-order valence-electron chi connectivity index (χ1n) is 5.69. The summed E-state index contributed by atoms with van der Waals surface area (Å²) in [6, 6.07) is 6.56. The maximum Gasteiger partial charge on any atom is 0.333 e. The van der Waals surface area contributed by atoms with Gasteiger partial charge >= 0.3 is 5.97 Å². The third-order valence-electron chi connectivity index (χ3n) is 2.58. The van der Waals surface area contributed by atoms with Crippen molar-refractivity contribution in [3.63, 3.8) is 0 Å². The maximum atomic E-state index is 11.1. The fraction of sp³-hybridized carbons (Fsp3) is 0.462. The van der Waals surface area contributed by atoms with E-state index in [0.717, 1.165) is 12.0 Å². The molecule has 0 spiro atoms. The van der Waals surface area contributed by atoms with Crippen molar-refractivity contribution in [1.82, 2.24) is 0 Å². The number of carboxylic acid groups (broad SMARTS) is 1. The van der Waals surface area contributed by atoms with Crippen molar-refractivity contribution in [2.45, 2.75) is 38.9 Å². The van der Waals surface area contributed by atoms with Gasteiger partial charge in [0.15, 0.2) is 6.10 Å². The quantitative estimate of drug-likeness (QED) is 0.797. The second kappa shape index (κ2) is 6.25. The minimum atomic E-state index is -0.978. The Morgan fingerprint density at radius 3 is 2.71 bits per heavy atom. The van der Waals surface area contributed by atoms with Crippen LogP contribution in [0, 0.1) is 0 Å². The van der Waals surface area contributed by atoms with Crippen molar-refractivity contribution in [3.05, 3.63) is 29.8 Å². The van der Waals surface area contributed by atoms with Gasteiger partial charge in [0.1, 0.15) is 5.75 Å². The van der Waals surface area contributed by atoms with E-state index in [2.05, 4.69) is 0 Å². The predicted octanol–water partition coefficient (Wildman–Crippen LogP) is 2.20. The lowest BCUT2D eigenvalue weighted by molar-refractivity contribution is -0.153. The molecule has 1 rings (SSSR count). The summed E-state index contributed by atoms with van der Waals surface area (Å²) in [6.07, 6.45) is 0.0675. The zero-order chi connectivity index (χ0) is 12.8. The molecule has 0 amide bonds. The summed E-state index contributed by atoms with van der Waals surface area (Å²) in [6.45, 7) is 3.79. The van der Waals surface area contributed by atoms with Crippen LogP contribution in [0.3, 0.4) is 0 Å². The van der Waals surface area contributed by atoms with Gasteiger partial charge in [0.05, 0.1) is 6.10 Å². The lowest BCUT2D eigenvalue weighted by Crippen LogP contribution is -2.29. The minimum Gasteiger partial charge on any atom is -0.508 e. The number of aliphatic carboxylic acids is 1. The molecule has 1 aromatic carbocycles. The summed E-state index contributed by atoms with van der Waals surface area (Å²) >= 11 is 0. The van der Waals surface area contributed by atoms with Crippen molar-refractivity contribution < 1.29 is 19.7 Å². The van der Waals surface area contributed by atoms with Gasteiger partial charge in [-0.05, 0) is 31.0 Å². The standard InChI is InChI=1S/C13H18O4/c1-3-9(2)17-12(13(15)16)8-10-5-4-6-11(14)7-10/h4-7,9,12,14H,3,8H2,1-2H3,(H,15,16)/t9?,12-/m0/s1. The van der Waals surface area contributed by atoms with Gasteiger partial charge in [0.25, 0.3) is 0 Å². The fourth-order valence-electron chi connectivity index (χ4n) is 1.47. The van der Waals surface area contributed by atoms with Crippen molar-refractivity contribution >= 4 is 5.97 Å². The molecule has 0 aliphatic rings. The molecule has 17 heavy (non-hydrogen) atoms. The normalized spacial score (nSPS) is 14.2. The fourth-order valence-corrected chi connectivity index (χ4v) is 1.47. The first kappa shape index (κ1) is 13.5. The lowest BCUT2D eigenvalue weighted by atomic mass is 10.1. The van der Waals surface area contributed by atoms with Crippen LogP contribution >= 0.6 is 0 Å². The van der Waals surface area contributed by atoms with Crippen LogP contribution < -0.4 is 0 Å². The third-order valence-corrected chi connectivity index (χ3v) is 2.58. The van der Waals surface area contributed by atoms with E-state index in [9.17, 15) is 9.90 Å². The summed E-state index contributed by atoms with van der Waals surface area (Å²) in [5.74, 6) is -0.844. The molecule has 0 fully saturated rings. The molecule has 1 unspecified atom stereocenters. The van der Waals surface area contributed by atoms with Gasteiger partial charge < -0.3 is 14.9 Å². The topological polar surface area (TPSA) is 66.8 Å². The van der Waals surface area contributed by atoms with Gasteiger partial charge in [-0.1, -0.05) is 19.1 Å². The van der Waals surface area contributed by atoms with Gasteiger partial charge in [-0.2, -0.15) is 0 Å². The summed E-state index contributed by atoms with van der Waals surface area (Å²) in [7, 11) is 0. The molecule has 0 radical (unpaired) electrons. The zero-order valence-electron chi connectivity index (χ0n) is 10.1. The van der Waals surface area contributed by atoms with Crippen LogP contribution in [0.5, 0.6) is 5.75 Å². The Kier molecular flexibility index (Phi) is 4.97. The van der Waals surface area contributed by atoms with Crippen molar-refractivity contribution in [1.29, 1.82) is 0 Å². The number of phenols is 1. The van der Waals surface area contributed by atoms with Crippen LogP contribution in [0.25, 0.3) is 0 Å². The lowest BCUT2D eigenvalue weighted by Gasteiger charge is -2.18. The highest BCUT2D eigenvalue weighted by Crippen LogP contribution is 2.15. The van der Waals surface area contributed by atoms with Crippen LogP contribution in [-0.4, -0.2) is 28.4 Å². The molecule has 0 saturated heterocycles. The largest absolute Gasteiger partial charge is 0.508 e. The smallest absolute Gasteiger partial charge is 0.333 e. The van der Waals surface area contributed by atoms with Crippen LogP contribution in [-0.2, 0) is 16.0 Å². The molecule has 4 nitrogen and oxygen atoms in total. The van der Waals surface area contributed by atoms with E-state index >= 15 is 0 Å². The Labute approximate surface area is 101 Å². The highest BCUT2D eigenvalue weighted by molar-refractivity contribution is 5.72. The number of carboxylic acids is 1. The number of carbonyl (C=O) groups is 1. The van der Waals surface area contributed by atoms with E-state index in [1.165, 1.54) is 0 Å². The Hall–Kier alpha value is -1.55. The van der Waals surface area contributed by atoms with E-state index in [-0.39, 0.29) is 18.3 Å². The molecule has 0 aromatic heterocycles. The first-order chi connectivity index (χ1) is 8.02. The number of rotatable bonds is 6. The molecular formula is C13H18O4. The Morgan fingerprint density at radius 2 is 2.18 bits per heavy atom. The van der Waals surface area contributed by atoms with Gasteiger partial charge in [-0.25, -0.2) is 4.79 Å². The van der Waals surface area contributed by atoms with Gasteiger partial charge in [-0.15, -0.1) is 0 Å². The molecule has 2 N–H and O–H groups in total. The number of hydrogen-bond acceptors (Lipinski definition) is 3. The number of benzene rings is 1. The van der Waals surface area contributed by atoms with Gasteiger partial charge in [0, 0.05) is 6.42 Å². The predicted molar refractivity (Wildman–Crippen MR) is 64.1 cm³/mol. The van der Waals surface area contributed by atoms with Gasteiger partial charge in [-0.3, -0.25) is 0 Å². The summed E-state index contributed by atoms with van der Waals surface area (Å²) in [5.41, 5.74) is 0.751. The molecule has 0 aliphatic heterocycles. The number of aromatic hydroxyl groups is 1. The average molecular weight is 238 g/mol. The summed E-state index contributed by atoms with van der Waals surface area (Å²) in [4.78, 5) is 11.1. The molecular weight excluding hydrogens is 220 g/mol. The minimum absolute atomic E-state index is 0.0894. The van der Waals surface area contributed by atoms with Crippen LogP contribution in [0.2, 0.25) is 0 Å². The number of phenolic OH excluding ortho intramolecular Hbond substituents is 1. The molecule has 94 valence electrons. The van der Waals surface area contributed by atoms with E-state index in [1.807, 2.05) is 13.8 Å². The van der Waals surface area contributed by atoms with Crippen molar-refractivity contribution in [2.24, 2.45) is 0 Å². The monoisotopic (exact) mass is 238 g/mol. The summed E-state index contributed by atoms with van der Waals surface area (Å²) in [5, 5.41) is 18.4. The second-order valence-corrected chi connectivity index (χ2v) is 4.06. The van der Waals surface area contributed by atoms with E-state index in [0.29, 0.717) is 0 Å². The van der Waals surface area contributed by atoms with Crippen molar-refractivity contribution in [3.8, 4) is 5.75 Å². The van der Waals surface area contributed by atoms with Crippen LogP contribution in [0.4, 0.5) is 0 Å². The molecule has 0 heterocycles. The molecule has 4 heteroatoms. The first-order valence-corrected chi connectivity index (χ1v) is 5.69. The molecule has 0 bridgehead atoms. The number of hydrogen-bond donors (Lipinski definition) is 2. The number of ether oxygens (including phenoxy) is 1. The zero-order valence-corrected chi connectivity index (χ0v) is 10.1. The van der Waals surface area contributed by atoms with Crippen LogP contribution in [0.15, 0.2) is 24.3 Å². The van der Waals surface area contributed by atoms with Crippen LogP contribution in [0.1, 0.15) is 25.8 Å². The van der Waals surface area contributed by atoms with E-state index in [1.54, 1.807) is 24.3 Å². The molecule has 0 aliphatic carbocycles. The van der Waals surface area contributed by atoms with E-state index in [4.69, 9.17) is 9.84 Å². The third kappa shape index (κ3) is 4.44. The average Bonchev–Trinajstić information content (AvgIpc) is 2.27. The summed E-state index contributed by atoms with van der Waals surface area (Å²) < 4.78 is 5.42. The Morgan fingerprint density at radius 1 is 1.47 bits per heavy atom. The molecule has 2 atom stereocenters. The Balaban J connectivity index is 2.70. The molecule has 0 saturated carbocycles. The highest BCUT2D eigenvalue weighted by atomic mass is 16.5. The van der Waals surface area contributed by atoms with E-state index < -0.39 is 12.1 Å². The molecule has 1 aromatic rings. The highest BCUT2D eigenvalue weighted by Gasteiger charge is 2.20. The maximum absolute atomic E-state index is 11.1.